The Kier molecular flexibility index (Phi) is 3.26. The number of imidazole rings is 1. The lowest BCUT2D eigenvalue weighted by atomic mass is 9.87. The van der Waals surface area contributed by atoms with Crippen molar-refractivity contribution in [2.45, 2.75) is 38.0 Å². The Labute approximate surface area is 114 Å². The maximum absolute atomic E-state index is 12.5. The first-order chi connectivity index (χ1) is 8.73. The van der Waals surface area contributed by atoms with Gasteiger partial charge in [-0.25, -0.2) is 17.4 Å². The van der Waals surface area contributed by atoms with Crippen molar-refractivity contribution in [3.8, 4) is 0 Å². The molecule has 4 nitrogen and oxygen atoms in total. The summed E-state index contributed by atoms with van der Waals surface area (Å²) in [6.45, 7) is 7.98. The van der Waals surface area contributed by atoms with Crippen molar-refractivity contribution in [1.29, 1.82) is 0 Å². The van der Waals surface area contributed by atoms with Gasteiger partial charge in [-0.15, -0.1) is 0 Å². The molecule has 2 aromatic rings. The van der Waals surface area contributed by atoms with Crippen LogP contribution in [0.1, 0.15) is 31.9 Å². The molecular weight excluding hydrogens is 260 g/mol. The predicted octanol–water partition coefficient (Wildman–Crippen LogP) is 2.73. The second-order valence-electron chi connectivity index (χ2n) is 5.63. The number of nitrogens with zero attached hydrogens (tertiary/aromatic N) is 2. The van der Waals surface area contributed by atoms with E-state index < -0.39 is 10.0 Å². The molecule has 0 spiro atoms. The van der Waals surface area contributed by atoms with Crippen molar-refractivity contribution in [3.63, 3.8) is 0 Å². The summed E-state index contributed by atoms with van der Waals surface area (Å²) < 4.78 is 26.2. The lowest BCUT2D eigenvalue weighted by Crippen LogP contribution is -2.16. The fourth-order valence-electron chi connectivity index (χ4n) is 1.85. The first-order valence-electron chi connectivity index (χ1n) is 6.07. The molecule has 0 saturated heterocycles. The summed E-state index contributed by atoms with van der Waals surface area (Å²) in [6, 6.07) is 5.58. The van der Waals surface area contributed by atoms with Crippen LogP contribution in [0, 0.1) is 6.92 Å². The molecule has 2 rings (SSSR count). The fourth-order valence-corrected chi connectivity index (χ4v) is 3.22. The summed E-state index contributed by atoms with van der Waals surface area (Å²) in [6.07, 6.45) is 4.21. The van der Waals surface area contributed by atoms with Gasteiger partial charge in [-0.1, -0.05) is 32.9 Å². The van der Waals surface area contributed by atoms with E-state index >= 15 is 0 Å². The quantitative estimate of drug-likeness (QED) is 0.848. The van der Waals surface area contributed by atoms with E-state index in [2.05, 4.69) is 25.8 Å². The summed E-state index contributed by atoms with van der Waals surface area (Å²) in [7, 11) is -3.55. The molecule has 5 heteroatoms. The fraction of sp³-hybridized carbons (Fsp3) is 0.357. The monoisotopic (exact) mass is 278 g/mol. The minimum absolute atomic E-state index is 0.0904. The maximum Gasteiger partial charge on any atom is 0.269 e. The molecule has 0 aliphatic heterocycles. The van der Waals surface area contributed by atoms with E-state index in [4.69, 9.17) is 0 Å². The van der Waals surface area contributed by atoms with Crippen LogP contribution in [-0.4, -0.2) is 17.4 Å². The van der Waals surface area contributed by atoms with Gasteiger partial charge < -0.3 is 0 Å². The van der Waals surface area contributed by atoms with Crippen LogP contribution in [0.2, 0.25) is 0 Å². The van der Waals surface area contributed by atoms with Gasteiger partial charge in [0.05, 0.1) is 4.90 Å². The van der Waals surface area contributed by atoms with E-state index in [9.17, 15) is 8.42 Å². The smallest absolute Gasteiger partial charge is 0.244 e. The molecule has 0 saturated carbocycles. The van der Waals surface area contributed by atoms with E-state index in [1.165, 1.54) is 18.7 Å². The molecule has 102 valence electrons. The van der Waals surface area contributed by atoms with Gasteiger partial charge in [-0.2, -0.15) is 0 Å². The zero-order chi connectivity index (χ0) is 14.3. The Morgan fingerprint density at radius 2 is 1.89 bits per heavy atom. The van der Waals surface area contributed by atoms with Crippen molar-refractivity contribution < 1.29 is 8.42 Å². The molecule has 0 aliphatic carbocycles. The molecule has 0 atom stereocenters. The Morgan fingerprint density at radius 1 is 1.21 bits per heavy atom. The van der Waals surface area contributed by atoms with Crippen molar-refractivity contribution in [3.05, 3.63) is 48.0 Å². The third-order valence-corrected chi connectivity index (χ3v) is 4.86. The third kappa shape index (κ3) is 2.56. The van der Waals surface area contributed by atoms with Crippen molar-refractivity contribution in [2.75, 3.05) is 0 Å². The zero-order valence-corrected chi connectivity index (χ0v) is 12.4. The Hall–Kier alpha value is -1.62. The van der Waals surface area contributed by atoms with E-state index in [0.717, 1.165) is 15.1 Å². The number of aromatic nitrogens is 2. The molecule has 0 N–H and O–H groups in total. The average Bonchev–Trinajstić information content (AvgIpc) is 2.81. The van der Waals surface area contributed by atoms with Crippen molar-refractivity contribution >= 4 is 10.0 Å². The van der Waals surface area contributed by atoms with Gasteiger partial charge in [0, 0.05) is 12.4 Å². The highest BCUT2D eigenvalue weighted by molar-refractivity contribution is 7.90. The number of rotatable bonds is 2. The molecule has 1 heterocycles. The average molecular weight is 278 g/mol. The molecule has 0 unspecified atom stereocenters. The van der Waals surface area contributed by atoms with Crippen LogP contribution in [0.4, 0.5) is 0 Å². The summed E-state index contributed by atoms with van der Waals surface area (Å²) in [5, 5.41) is 0. The van der Waals surface area contributed by atoms with Gasteiger partial charge in [-0.3, -0.25) is 0 Å². The summed E-state index contributed by atoms with van der Waals surface area (Å²) >= 11 is 0. The van der Waals surface area contributed by atoms with E-state index in [1.54, 1.807) is 13.0 Å². The molecule has 0 bridgehead atoms. The standard InChI is InChI=1S/C14H18N2O2S/c1-11-5-6-12(14(2,3)4)9-13(11)19(17,18)16-8-7-15-10-16/h5-10H,1-4H3. The number of hydrogen-bond acceptors (Lipinski definition) is 3. The van der Waals surface area contributed by atoms with Crippen LogP contribution in [0.15, 0.2) is 41.8 Å². The highest BCUT2D eigenvalue weighted by Crippen LogP contribution is 2.27. The van der Waals surface area contributed by atoms with Crippen LogP contribution in [0.5, 0.6) is 0 Å². The minimum Gasteiger partial charge on any atom is -0.244 e. The van der Waals surface area contributed by atoms with Crippen LogP contribution in [0.3, 0.4) is 0 Å². The van der Waals surface area contributed by atoms with Gasteiger partial charge in [0.2, 0.25) is 0 Å². The summed E-state index contributed by atoms with van der Waals surface area (Å²) in [4.78, 5) is 4.13. The third-order valence-electron chi connectivity index (χ3n) is 3.09. The van der Waals surface area contributed by atoms with Gasteiger partial charge in [-0.05, 0) is 29.5 Å². The molecule has 19 heavy (non-hydrogen) atoms. The molecule has 0 amide bonds. The lowest BCUT2D eigenvalue weighted by Gasteiger charge is -2.20. The normalized spacial score (nSPS) is 12.6. The minimum atomic E-state index is -3.55. The molecule has 0 radical (unpaired) electrons. The van der Waals surface area contributed by atoms with E-state index in [0.29, 0.717) is 4.90 Å². The highest BCUT2D eigenvalue weighted by atomic mass is 32.2. The Balaban J connectivity index is 2.63. The molecule has 0 fully saturated rings. The number of benzene rings is 1. The predicted molar refractivity (Wildman–Crippen MR) is 74.7 cm³/mol. The summed E-state index contributed by atoms with van der Waals surface area (Å²) in [5.41, 5.74) is 1.64. The van der Waals surface area contributed by atoms with Gasteiger partial charge in [0.15, 0.2) is 0 Å². The van der Waals surface area contributed by atoms with Gasteiger partial charge in [0.1, 0.15) is 6.33 Å². The first kappa shape index (κ1) is 13.8. The highest BCUT2D eigenvalue weighted by Gasteiger charge is 2.22. The lowest BCUT2D eigenvalue weighted by molar-refractivity contribution is 0.579. The molecular formula is C14H18N2O2S. The molecule has 1 aromatic heterocycles. The van der Waals surface area contributed by atoms with Crippen LogP contribution in [0.25, 0.3) is 0 Å². The van der Waals surface area contributed by atoms with E-state index in [1.807, 2.05) is 12.1 Å². The largest absolute Gasteiger partial charge is 0.269 e. The van der Waals surface area contributed by atoms with Gasteiger partial charge >= 0.3 is 0 Å². The number of hydrogen-bond donors (Lipinski definition) is 0. The van der Waals surface area contributed by atoms with Crippen LogP contribution < -0.4 is 0 Å². The topological polar surface area (TPSA) is 52.0 Å². The van der Waals surface area contributed by atoms with Crippen LogP contribution >= 0.6 is 0 Å². The molecule has 0 aliphatic rings. The number of aryl methyl sites for hydroxylation is 1. The SMILES string of the molecule is Cc1ccc(C(C)(C)C)cc1S(=O)(=O)n1ccnc1. The van der Waals surface area contributed by atoms with Crippen LogP contribution in [-0.2, 0) is 15.4 Å². The van der Waals surface area contributed by atoms with Crippen molar-refractivity contribution in [2.24, 2.45) is 0 Å². The van der Waals surface area contributed by atoms with Gasteiger partial charge in [0.25, 0.3) is 10.0 Å². The summed E-state index contributed by atoms with van der Waals surface area (Å²) in [5.74, 6) is 0. The first-order valence-corrected chi connectivity index (χ1v) is 7.51. The Morgan fingerprint density at radius 3 is 2.42 bits per heavy atom. The molecule has 1 aromatic carbocycles. The Bertz CT molecular complexity index is 681. The zero-order valence-electron chi connectivity index (χ0n) is 11.6. The second kappa shape index (κ2) is 4.49. The van der Waals surface area contributed by atoms with Crippen molar-refractivity contribution in [1.82, 2.24) is 8.96 Å². The maximum atomic E-state index is 12.5. The van der Waals surface area contributed by atoms with E-state index in [-0.39, 0.29) is 5.41 Å². The second-order valence-corrected chi connectivity index (χ2v) is 7.44.